The molecule has 0 radical (unpaired) electrons. The second kappa shape index (κ2) is 8.18. The number of nitro benzene ring substituents is 1. The Kier molecular flexibility index (Phi) is 5.86. The topological polar surface area (TPSA) is 89.3 Å². The summed E-state index contributed by atoms with van der Waals surface area (Å²) in [6, 6.07) is 16.0. The lowest BCUT2D eigenvalue weighted by Crippen LogP contribution is -2.14. The van der Waals surface area contributed by atoms with Crippen molar-refractivity contribution in [2.24, 2.45) is 0 Å². The molecule has 1 unspecified atom stereocenters. The van der Waals surface area contributed by atoms with Crippen LogP contribution in [0.15, 0.2) is 71.6 Å². The van der Waals surface area contributed by atoms with Crippen LogP contribution in [-0.4, -0.2) is 19.6 Å². The maximum absolute atomic E-state index is 13.4. The Bertz CT molecular complexity index is 1170. The van der Waals surface area contributed by atoms with E-state index in [1.54, 1.807) is 36.4 Å². The maximum atomic E-state index is 13.4. The van der Waals surface area contributed by atoms with Gasteiger partial charge in [-0.3, -0.25) is 10.1 Å². The van der Waals surface area contributed by atoms with Gasteiger partial charge in [0.05, 0.1) is 11.0 Å². The van der Waals surface area contributed by atoms with Gasteiger partial charge in [-0.2, -0.15) is 0 Å². The van der Waals surface area contributed by atoms with Gasteiger partial charge >= 0.3 is 0 Å². The van der Waals surface area contributed by atoms with E-state index in [2.05, 4.69) is 5.32 Å². The number of nitrogens with zero attached hydrogens (tertiary/aromatic N) is 1. The molecule has 0 amide bonds. The molecule has 9 heteroatoms. The third-order valence-electron chi connectivity index (χ3n) is 4.29. The lowest BCUT2D eigenvalue weighted by molar-refractivity contribution is -0.387. The highest BCUT2D eigenvalue weighted by Crippen LogP contribution is 2.34. The second-order valence-electron chi connectivity index (χ2n) is 6.36. The van der Waals surface area contributed by atoms with Crippen LogP contribution in [0.2, 0.25) is 5.02 Å². The molecule has 29 heavy (non-hydrogen) atoms. The van der Waals surface area contributed by atoms with Crippen LogP contribution in [0.4, 0.5) is 15.8 Å². The zero-order valence-corrected chi connectivity index (χ0v) is 16.7. The molecule has 0 aliphatic carbocycles. The molecular formula is C20H16ClFN2O4S. The minimum Gasteiger partial charge on any atom is -0.374 e. The van der Waals surface area contributed by atoms with Crippen LogP contribution in [0.25, 0.3) is 0 Å². The number of nitrogens with one attached hydrogen (secondary N) is 1. The summed E-state index contributed by atoms with van der Waals surface area (Å²) < 4.78 is 37.5. The van der Waals surface area contributed by atoms with Gasteiger partial charge in [0.25, 0.3) is 5.69 Å². The van der Waals surface area contributed by atoms with Crippen LogP contribution in [-0.2, 0) is 9.84 Å². The standard InChI is InChI=1S/C20H16ClFN2O4S/c1-29(27,28)19-12-15(10-11-18(19)24(25)26)23-20(13-6-8-14(22)9-7-13)16-4-2-3-5-17(16)21/h2-12,20,23H,1H3. The van der Waals surface area contributed by atoms with Crippen molar-refractivity contribution in [1.82, 2.24) is 0 Å². The molecule has 0 aromatic heterocycles. The molecular weight excluding hydrogens is 419 g/mol. The SMILES string of the molecule is CS(=O)(=O)c1cc(NC(c2ccc(F)cc2)c2ccccc2Cl)ccc1[N+](=O)[O-]. The van der Waals surface area contributed by atoms with Crippen LogP contribution >= 0.6 is 11.6 Å². The highest BCUT2D eigenvalue weighted by molar-refractivity contribution is 7.90. The minimum atomic E-state index is -3.84. The summed E-state index contributed by atoms with van der Waals surface area (Å²) in [6.45, 7) is 0. The van der Waals surface area contributed by atoms with Crippen molar-refractivity contribution in [3.05, 3.63) is 98.8 Å². The van der Waals surface area contributed by atoms with Crippen molar-refractivity contribution in [1.29, 1.82) is 0 Å². The van der Waals surface area contributed by atoms with E-state index < -0.39 is 37.2 Å². The van der Waals surface area contributed by atoms with E-state index >= 15 is 0 Å². The lowest BCUT2D eigenvalue weighted by atomic mass is 9.98. The molecule has 0 fully saturated rings. The summed E-state index contributed by atoms with van der Waals surface area (Å²) >= 11 is 6.34. The maximum Gasteiger partial charge on any atom is 0.288 e. The van der Waals surface area contributed by atoms with Crippen LogP contribution in [0.3, 0.4) is 0 Å². The van der Waals surface area contributed by atoms with Crippen molar-refractivity contribution in [3.63, 3.8) is 0 Å². The molecule has 3 aromatic rings. The first-order chi connectivity index (χ1) is 13.7. The number of rotatable bonds is 6. The minimum absolute atomic E-state index is 0.338. The van der Waals surface area contributed by atoms with Crippen molar-refractivity contribution < 1.29 is 17.7 Å². The first-order valence-corrected chi connectivity index (χ1v) is 10.7. The van der Waals surface area contributed by atoms with Crippen molar-refractivity contribution in [3.8, 4) is 0 Å². The molecule has 0 aliphatic heterocycles. The number of halogens is 2. The van der Waals surface area contributed by atoms with Gasteiger partial charge in [0.2, 0.25) is 0 Å². The van der Waals surface area contributed by atoms with Crippen LogP contribution < -0.4 is 5.32 Å². The first-order valence-electron chi connectivity index (χ1n) is 8.42. The molecule has 3 aromatic carbocycles. The van der Waals surface area contributed by atoms with E-state index in [9.17, 15) is 22.9 Å². The third kappa shape index (κ3) is 4.72. The Morgan fingerprint density at radius 2 is 1.72 bits per heavy atom. The molecule has 0 saturated heterocycles. The van der Waals surface area contributed by atoms with Gasteiger partial charge in [-0.1, -0.05) is 41.9 Å². The predicted molar refractivity (Wildman–Crippen MR) is 110 cm³/mol. The zero-order valence-electron chi connectivity index (χ0n) is 15.2. The Labute approximate surface area is 172 Å². The van der Waals surface area contributed by atoms with Gasteiger partial charge in [-0.15, -0.1) is 0 Å². The van der Waals surface area contributed by atoms with E-state index in [0.29, 0.717) is 21.8 Å². The molecule has 1 atom stereocenters. The first kappa shape index (κ1) is 20.8. The predicted octanol–water partition coefficient (Wildman–Crippen LogP) is 4.99. The highest BCUT2D eigenvalue weighted by Gasteiger charge is 2.24. The fourth-order valence-electron chi connectivity index (χ4n) is 2.92. The monoisotopic (exact) mass is 434 g/mol. The van der Waals surface area contributed by atoms with Gasteiger partial charge in [0.1, 0.15) is 10.7 Å². The number of sulfone groups is 1. The third-order valence-corrected chi connectivity index (χ3v) is 5.76. The summed E-state index contributed by atoms with van der Waals surface area (Å²) in [6.07, 6.45) is 0.907. The summed E-state index contributed by atoms with van der Waals surface area (Å²) in [5, 5.41) is 14.8. The number of hydrogen-bond donors (Lipinski definition) is 1. The van der Waals surface area contributed by atoms with Crippen LogP contribution in [0, 0.1) is 15.9 Å². The molecule has 3 rings (SSSR count). The summed E-state index contributed by atoms with van der Waals surface area (Å²) in [5.41, 5.74) is 1.19. The number of nitro groups is 1. The Morgan fingerprint density at radius 1 is 1.07 bits per heavy atom. The Hall–Kier alpha value is -2.97. The molecule has 0 aliphatic rings. The molecule has 0 spiro atoms. The number of hydrogen-bond acceptors (Lipinski definition) is 5. The zero-order chi connectivity index (χ0) is 21.2. The van der Waals surface area contributed by atoms with Gasteiger partial charge in [-0.25, -0.2) is 12.8 Å². The van der Waals surface area contributed by atoms with Crippen LogP contribution in [0.5, 0.6) is 0 Å². The largest absolute Gasteiger partial charge is 0.374 e. The fraction of sp³-hybridized carbons (Fsp3) is 0.100. The van der Waals surface area contributed by atoms with Crippen LogP contribution in [0.1, 0.15) is 17.2 Å². The number of benzene rings is 3. The van der Waals surface area contributed by atoms with E-state index in [4.69, 9.17) is 11.6 Å². The van der Waals surface area contributed by atoms with E-state index in [1.165, 1.54) is 24.3 Å². The molecule has 0 saturated carbocycles. The van der Waals surface area contributed by atoms with E-state index in [-0.39, 0.29) is 0 Å². The molecule has 1 N–H and O–H groups in total. The van der Waals surface area contributed by atoms with Gasteiger partial charge in [0.15, 0.2) is 9.84 Å². The summed E-state index contributed by atoms with van der Waals surface area (Å²) in [4.78, 5) is 10.0. The second-order valence-corrected chi connectivity index (χ2v) is 8.75. The van der Waals surface area contributed by atoms with Crippen molar-refractivity contribution >= 4 is 32.8 Å². The van der Waals surface area contributed by atoms with Gasteiger partial charge in [0, 0.05) is 23.0 Å². The fourth-order valence-corrected chi connectivity index (χ4v) is 4.03. The lowest BCUT2D eigenvalue weighted by Gasteiger charge is -2.22. The highest BCUT2D eigenvalue weighted by atomic mass is 35.5. The van der Waals surface area contributed by atoms with E-state index in [1.807, 2.05) is 0 Å². The Balaban J connectivity index is 2.10. The molecule has 0 heterocycles. The van der Waals surface area contributed by atoms with Crippen molar-refractivity contribution in [2.75, 3.05) is 11.6 Å². The molecule has 150 valence electrons. The van der Waals surface area contributed by atoms with Gasteiger partial charge < -0.3 is 5.32 Å². The molecule has 6 nitrogen and oxygen atoms in total. The van der Waals surface area contributed by atoms with Crippen molar-refractivity contribution in [2.45, 2.75) is 10.9 Å². The average Bonchev–Trinajstić information content (AvgIpc) is 2.66. The summed E-state index contributed by atoms with van der Waals surface area (Å²) in [5.74, 6) is -0.402. The quantitative estimate of drug-likeness (QED) is 0.436. The normalized spacial score (nSPS) is 12.4. The smallest absolute Gasteiger partial charge is 0.288 e. The Morgan fingerprint density at radius 3 is 2.31 bits per heavy atom. The number of anilines is 1. The average molecular weight is 435 g/mol. The van der Waals surface area contributed by atoms with Gasteiger partial charge in [-0.05, 0) is 41.5 Å². The summed E-state index contributed by atoms with van der Waals surface area (Å²) in [7, 11) is -3.84. The van der Waals surface area contributed by atoms with E-state index in [0.717, 1.165) is 12.3 Å². The molecule has 0 bridgehead atoms.